The normalized spacial score (nSPS) is 13.1. The fourth-order valence-corrected chi connectivity index (χ4v) is 1.97. The molecule has 0 saturated heterocycles. The number of carbonyl (C=O) groups excluding carboxylic acids is 1. The van der Waals surface area contributed by atoms with Gasteiger partial charge in [-0.1, -0.05) is 50.6 Å². The van der Waals surface area contributed by atoms with Crippen LogP contribution in [0.15, 0.2) is 24.3 Å². The molecule has 0 radical (unpaired) electrons. The maximum atomic E-state index is 12.0. The van der Waals surface area contributed by atoms with E-state index in [0.29, 0.717) is 6.54 Å². The smallest absolute Gasteiger partial charge is 0.251 e. The van der Waals surface area contributed by atoms with Crippen LogP contribution >= 0.6 is 0 Å². The Kier molecular flexibility index (Phi) is 5.51. The van der Waals surface area contributed by atoms with Gasteiger partial charge in [-0.25, -0.2) is 5.43 Å². The van der Waals surface area contributed by atoms with E-state index in [-0.39, 0.29) is 17.4 Å². The van der Waals surface area contributed by atoms with Crippen LogP contribution in [-0.2, 0) is 11.3 Å². The molecule has 1 amide bonds. The lowest BCUT2D eigenvalue weighted by Crippen LogP contribution is -2.53. The van der Waals surface area contributed by atoms with E-state index in [1.54, 1.807) is 7.05 Å². The third kappa shape index (κ3) is 5.01. The van der Waals surface area contributed by atoms with E-state index < -0.39 is 0 Å². The zero-order chi connectivity index (χ0) is 14.5. The Morgan fingerprint density at radius 3 is 2.26 bits per heavy atom. The van der Waals surface area contributed by atoms with E-state index in [0.717, 1.165) is 5.56 Å². The third-order valence-electron chi connectivity index (χ3n) is 3.04. The molecule has 0 saturated carbocycles. The summed E-state index contributed by atoms with van der Waals surface area (Å²) in [5.41, 5.74) is 7.97. The molecule has 0 aliphatic carbocycles. The summed E-state index contributed by atoms with van der Waals surface area (Å²) in [5, 5.41) is 3.05. The van der Waals surface area contributed by atoms with Gasteiger partial charge in [-0.3, -0.25) is 10.2 Å². The fraction of sp³-hybridized carbons (Fsp3) is 0.533. The molecule has 1 atom stereocenters. The number of hydrazine groups is 1. The van der Waals surface area contributed by atoms with Crippen molar-refractivity contribution in [1.29, 1.82) is 0 Å². The molecule has 0 aromatic heterocycles. The summed E-state index contributed by atoms with van der Waals surface area (Å²) in [6.07, 6.45) is 0. The van der Waals surface area contributed by atoms with Gasteiger partial charge in [-0.2, -0.15) is 0 Å². The van der Waals surface area contributed by atoms with Crippen molar-refractivity contribution in [2.75, 3.05) is 7.05 Å². The molecule has 19 heavy (non-hydrogen) atoms. The number of nitrogens with one attached hydrogen (secondary N) is 3. The highest BCUT2D eigenvalue weighted by molar-refractivity contribution is 5.82. The van der Waals surface area contributed by atoms with E-state index in [2.05, 4.69) is 35.2 Å². The minimum Gasteiger partial charge on any atom is -0.308 e. The Hall–Kier alpha value is -1.39. The monoisotopic (exact) mass is 263 g/mol. The molecule has 1 rings (SSSR count). The number of rotatable bonds is 5. The Morgan fingerprint density at radius 1 is 1.21 bits per heavy atom. The molecular weight excluding hydrogens is 238 g/mol. The summed E-state index contributed by atoms with van der Waals surface area (Å²) in [7, 11) is 1.80. The minimum atomic E-state index is -0.224. The van der Waals surface area contributed by atoms with E-state index in [1.165, 1.54) is 5.56 Å². The second-order valence-corrected chi connectivity index (χ2v) is 5.92. The maximum Gasteiger partial charge on any atom is 0.251 e. The van der Waals surface area contributed by atoms with E-state index in [4.69, 9.17) is 0 Å². The van der Waals surface area contributed by atoms with Gasteiger partial charge >= 0.3 is 0 Å². The van der Waals surface area contributed by atoms with Gasteiger partial charge in [0.05, 0.1) is 6.04 Å². The second kappa shape index (κ2) is 6.68. The highest BCUT2D eigenvalue weighted by atomic mass is 16.2. The zero-order valence-electron chi connectivity index (χ0n) is 12.5. The van der Waals surface area contributed by atoms with Gasteiger partial charge in [0.15, 0.2) is 0 Å². The number of carbonyl (C=O) groups is 1. The van der Waals surface area contributed by atoms with Gasteiger partial charge in [-0.15, -0.1) is 0 Å². The first-order chi connectivity index (χ1) is 8.84. The summed E-state index contributed by atoms with van der Waals surface area (Å²) in [6.45, 7) is 8.78. The van der Waals surface area contributed by atoms with Crippen LogP contribution in [-0.4, -0.2) is 19.0 Å². The topological polar surface area (TPSA) is 53.2 Å². The fourth-order valence-electron chi connectivity index (χ4n) is 1.97. The van der Waals surface area contributed by atoms with Crippen molar-refractivity contribution in [3.63, 3.8) is 0 Å². The molecule has 0 aliphatic rings. The van der Waals surface area contributed by atoms with Gasteiger partial charge in [0.25, 0.3) is 5.91 Å². The molecule has 4 heteroatoms. The first-order valence-electron chi connectivity index (χ1n) is 6.60. The average Bonchev–Trinajstić information content (AvgIpc) is 2.30. The van der Waals surface area contributed by atoms with Crippen molar-refractivity contribution >= 4 is 5.91 Å². The molecular formula is C15H25N3O. The lowest BCUT2D eigenvalue weighted by Gasteiger charge is -2.29. The van der Waals surface area contributed by atoms with Gasteiger partial charge in [-0.05, 0) is 24.9 Å². The van der Waals surface area contributed by atoms with Crippen molar-refractivity contribution in [2.24, 2.45) is 5.41 Å². The molecule has 0 heterocycles. The maximum absolute atomic E-state index is 12.0. The standard InChI is InChI=1S/C15H25N3O/c1-11-6-8-12(9-7-11)10-17-18-14(19)13(16-5)15(2,3)4/h6-9,13,16-17H,10H2,1-5H3,(H,18,19). The van der Waals surface area contributed by atoms with Gasteiger partial charge in [0, 0.05) is 6.54 Å². The first kappa shape index (κ1) is 15.7. The number of likely N-dealkylation sites (N-methyl/N-ethyl adjacent to an activating group) is 1. The largest absolute Gasteiger partial charge is 0.308 e. The lowest BCUT2D eigenvalue weighted by molar-refractivity contribution is -0.126. The van der Waals surface area contributed by atoms with Crippen molar-refractivity contribution in [3.05, 3.63) is 35.4 Å². The SMILES string of the molecule is CNC(C(=O)NNCc1ccc(C)cc1)C(C)(C)C. The third-order valence-corrected chi connectivity index (χ3v) is 3.04. The predicted molar refractivity (Wildman–Crippen MR) is 78.5 cm³/mol. The van der Waals surface area contributed by atoms with Crippen molar-refractivity contribution in [1.82, 2.24) is 16.2 Å². The van der Waals surface area contributed by atoms with E-state index >= 15 is 0 Å². The van der Waals surface area contributed by atoms with E-state index in [1.807, 2.05) is 32.9 Å². The Balaban J connectivity index is 2.44. The molecule has 4 nitrogen and oxygen atoms in total. The summed E-state index contributed by atoms with van der Waals surface area (Å²) >= 11 is 0. The van der Waals surface area contributed by atoms with Crippen LogP contribution in [0.2, 0.25) is 0 Å². The molecule has 0 aliphatic heterocycles. The number of benzene rings is 1. The highest BCUT2D eigenvalue weighted by Gasteiger charge is 2.29. The molecule has 1 unspecified atom stereocenters. The quantitative estimate of drug-likeness (QED) is 0.709. The summed E-state index contributed by atoms with van der Waals surface area (Å²) in [4.78, 5) is 12.0. The molecule has 0 spiro atoms. The van der Waals surface area contributed by atoms with Gasteiger partial charge in [0.1, 0.15) is 0 Å². The van der Waals surface area contributed by atoms with E-state index in [9.17, 15) is 4.79 Å². The molecule has 3 N–H and O–H groups in total. The highest BCUT2D eigenvalue weighted by Crippen LogP contribution is 2.18. The summed E-state index contributed by atoms with van der Waals surface area (Å²) in [5.74, 6) is -0.0397. The summed E-state index contributed by atoms with van der Waals surface area (Å²) in [6, 6.07) is 7.99. The molecule has 0 fully saturated rings. The molecule has 106 valence electrons. The Labute approximate surface area is 115 Å². The average molecular weight is 263 g/mol. The van der Waals surface area contributed by atoms with Crippen LogP contribution < -0.4 is 16.2 Å². The van der Waals surface area contributed by atoms with Crippen molar-refractivity contribution in [2.45, 2.75) is 40.3 Å². The Morgan fingerprint density at radius 2 is 1.79 bits per heavy atom. The van der Waals surface area contributed by atoms with Crippen molar-refractivity contribution < 1.29 is 4.79 Å². The number of amides is 1. The van der Waals surface area contributed by atoms with Crippen LogP contribution in [0.3, 0.4) is 0 Å². The van der Waals surface area contributed by atoms with Gasteiger partial charge < -0.3 is 5.32 Å². The minimum absolute atomic E-state index is 0.0397. The zero-order valence-corrected chi connectivity index (χ0v) is 12.5. The van der Waals surface area contributed by atoms with Crippen LogP contribution in [0.5, 0.6) is 0 Å². The van der Waals surface area contributed by atoms with Crippen LogP contribution in [0.25, 0.3) is 0 Å². The van der Waals surface area contributed by atoms with Crippen LogP contribution in [0.1, 0.15) is 31.9 Å². The number of hydrogen-bond acceptors (Lipinski definition) is 3. The van der Waals surface area contributed by atoms with Gasteiger partial charge in [0.2, 0.25) is 0 Å². The second-order valence-electron chi connectivity index (χ2n) is 5.92. The van der Waals surface area contributed by atoms with Crippen molar-refractivity contribution in [3.8, 4) is 0 Å². The Bertz CT molecular complexity index is 406. The molecule has 1 aromatic rings. The van der Waals surface area contributed by atoms with Crippen LogP contribution in [0.4, 0.5) is 0 Å². The predicted octanol–water partition coefficient (Wildman–Crippen LogP) is 1.75. The summed E-state index contributed by atoms with van der Waals surface area (Å²) < 4.78 is 0. The number of aryl methyl sites for hydroxylation is 1. The van der Waals surface area contributed by atoms with Crippen LogP contribution in [0, 0.1) is 12.3 Å². The molecule has 0 bridgehead atoms. The first-order valence-corrected chi connectivity index (χ1v) is 6.60. The lowest BCUT2D eigenvalue weighted by atomic mass is 9.86. The number of hydrogen-bond donors (Lipinski definition) is 3. The molecule has 1 aromatic carbocycles.